The maximum Gasteiger partial charge on any atom is 0.220 e. The Bertz CT molecular complexity index is 621. The zero-order valence-corrected chi connectivity index (χ0v) is 14.0. The Balaban J connectivity index is 1.76. The van der Waals surface area contributed by atoms with Gasteiger partial charge >= 0.3 is 0 Å². The van der Waals surface area contributed by atoms with Gasteiger partial charge in [-0.05, 0) is 56.0 Å². The van der Waals surface area contributed by atoms with Crippen LogP contribution in [0.15, 0.2) is 42.7 Å². The summed E-state index contributed by atoms with van der Waals surface area (Å²) >= 11 is 0. The van der Waals surface area contributed by atoms with Crippen molar-refractivity contribution in [1.82, 2.24) is 10.3 Å². The zero-order valence-electron chi connectivity index (χ0n) is 14.0. The Kier molecular flexibility index (Phi) is 6.15. The number of para-hydroxylation sites is 1. The van der Waals surface area contributed by atoms with Gasteiger partial charge in [-0.3, -0.25) is 9.78 Å². The SMILES string of the molecule is Cc1cccc(C)c1OC[C@@H](C)NC(=O)CCc1ccncc1. The number of carbonyl (C=O) groups excluding carboxylic acids is 1. The van der Waals surface area contributed by atoms with E-state index in [1.807, 2.05) is 51.1 Å². The minimum absolute atomic E-state index is 0.0288. The summed E-state index contributed by atoms with van der Waals surface area (Å²) in [5.41, 5.74) is 3.34. The molecular formula is C19H24N2O2. The van der Waals surface area contributed by atoms with E-state index < -0.39 is 0 Å². The van der Waals surface area contributed by atoms with Crippen LogP contribution in [0.4, 0.5) is 0 Å². The van der Waals surface area contributed by atoms with Gasteiger partial charge < -0.3 is 10.1 Å². The van der Waals surface area contributed by atoms with Gasteiger partial charge in [0.15, 0.2) is 0 Å². The summed E-state index contributed by atoms with van der Waals surface area (Å²) < 4.78 is 5.87. The van der Waals surface area contributed by atoms with E-state index in [9.17, 15) is 4.79 Å². The first-order valence-corrected chi connectivity index (χ1v) is 7.93. The van der Waals surface area contributed by atoms with Crippen LogP contribution in [0.2, 0.25) is 0 Å². The number of aryl methyl sites for hydroxylation is 3. The minimum Gasteiger partial charge on any atom is -0.491 e. The molecule has 4 heteroatoms. The van der Waals surface area contributed by atoms with Gasteiger partial charge in [0, 0.05) is 18.8 Å². The van der Waals surface area contributed by atoms with Crippen LogP contribution in [-0.4, -0.2) is 23.5 Å². The van der Waals surface area contributed by atoms with E-state index in [1.165, 1.54) is 0 Å². The maximum absolute atomic E-state index is 12.0. The number of nitrogens with one attached hydrogen (secondary N) is 1. The Morgan fingerprint density at radius 2 is 1.83 bits per heavy atom. The van der Waals surface area contributed by atoms with E-state index in [1.54, 1.807) is 12.4 Å². The van der Waals surface area contributed by atoms with Gasteiger partial charge in [-0.1, -0.05) is 18.2 Å². The van der Waals surface area contributed by atoms with Gasteiger partial charge in [-0.25, -0.2) is 0 Å². The smallest absolute Gasteiger partial charge is 0.220 e. The molecule has 1 heterocycles. The van der Waals surface area contributed by atoms with E-state index in [0.717, 1.165) is 28.9 Å². The number of rotatable bonds is 7. The molecule has 0 unspecified atom stereocenters. The average Bonchev–Trinajstić information content (AvgIpc) is 2.53. The zero-order chi connectivity index (χ0) is 16.7. The van der Waals surface area contributed by atoms with E-state index in [4.69, 9.17) is 4.74 Å². The molecule has 4 nitrogen and oxygen atoms in total. The highest BCUT2D eigenvalue weighted by atomic mass is 16.5. The van der Waals surface area contributed by atoms with Crippen molar-refractivity contribution in [3.8, 4) is 5.75 Å². The molecule has 0 aliphatic carbocycles. The number of pyridine rings is 1. The lowest BCUT2D eigenvalue weighted by Gasteiger charge is -2.17. The molecule has 122 valence electrons. The largest absolute Gasteiger partial charge is 0.491 e. The number of amides is 1. The third-order valence-electron chi connectivity index (χ3n) is 3.68. The summed E-state index contributed by atoms with van der Waals surface area (Å²) in [5.74, 6) is 0.949. The highest BCUT2D eigenvalue weighted by Gasteiger charge is 2.10. The van der Waals surface area contributed by atoms with Gasteiger partial charge in [0.05, 0.1) is 6.04 Å². The van der Waals surface area contributed by atoms with E-state index in [-0.39, 0.29) is 11.9 Å². The molecule has 0 spiro atoms. The molecule has 2 aromatic rings. The first-order valence-electron chi connectivity index (χ1n) is 7.93. The molecule has 0 aliphatic heterocycles. The van der Waals surface area contributed by atoms with E-state index in [0.29, 0.717) is 13.0 Å². The number of ether oxygens (including phenoxy) is 1. The van der Waals surface area contributed by atoms with Gasteiger partial charge in [0.25, 0.3) is 0 Å². The summed E-state index contributed by atoms with van der Waals surface area (Å²) in [6.07, 6.45) is 4.68. The standard InChI is InChI=1S/C19H24N2O2/c1-14-5-4-6-15(2)19(14)23-13-16(3)21-18(22)8-7-17-9-11-20-12-10-17/h4-6,9-12,16H,7-8,13H2,1-3H3,(H,21,22)/t16-/m1/s1. The van der Waals surface area contributed by atoms with Gasteiger partial charge in [-0.15, -0.1) is 0 Å². The fraction of sp³-hybridized carbons (Fsp3) is 0.368. The molecule has 2 rings (SSSR count). The normalized spacial score (nSPS) is 11.8. The van der Waals surface area contributed by atoms with Gasteiger partial charge in [-0.2, -0.15) is 0 Å². The topological polar surface area (TPSA) is 51.2 Å². The van der Waals surface area contributed by atoms with Gasteiger partial charge in [0.2, 0.25) is 5.91 Å². The molecule has 1 atom stereocenters. The Hall–Kier alpha value is -2.36. The van der Waals surface area contributed by atoms with Crippen molar-refractivity contribution >= 4 is 5.91 Å². The van der Waals surface area contributed by atoms with Crippen LogP contribution in [0.5, 0.6) is 5.75 Å². The lowest BCUT2D eigenvalue weighted by Crippen LogP contribution is -2.37. The number of benzene rings is 1. The summed E-state index contributed by atoms with van der Waals surface area (Å²) in [4.78, 5) is 16.0. The number of hydrogen-bond acceptors (Lipinski definition) is 3. The van der Waals surface area contributed by atoms with E-state index >= 15 is 0 Å². The van der Waals surface area contributed by atoms with Crippen molar-refractivity contribution in [3.05, 3.63) is 59.4 Å². The monoisotopic (exact) mass is 312 g/mol. The van der Waals surface area contributed by atoms with Crippen LogP contribution >= 0.6 is 0 Å². The third-order valence-corrected chi connectivity index (χ3v) is 3.68. The molecular weight excluding hydrogens is 288 g/mol. The second-order valence-corrected chi connectivity index (χ2v) is 5.86. The summed E-state index contributed by atoms with van der Waals surface area (Å²) in [7, 11) is 0. The van der Waals surface area contributed by atoms with Crippen LogP contribution in [-0.2, 0) is 11.2 Å². The summed E-state index contributed by atoms with van der Waals surface area (Å²) in [6.45, 7) is 6.48. The number of hydrogen-bond donors (Lipinski definition) is 1. The second-order valence-electron chi connectivity index (χ2n) is 5.86. The van der Waals surface area contributed by atoms with Crippen molar-refractivity contribution in [2.24, 2.45) is 0 Å². The lowest BCUT2D eigenvalue weighted by molar-refractivity contribution is -0.121. The Labute approximate surface area is 137 Å². The highest BCUT2D eigenvalue weighted by Crippen LogP contribution is 2.22. The Morgan fingerprint density at radius 3 is 2.48 bits per heavy atom. The van der Waals surface area contributed by atoms with Gasteiger partial charge in [0.1, 0.15) is 12.4 Å². The van der Waals surface area contributed by atoms with Crippen LogP contribution in [0, 0.1) is 13.8 Å². The molecule has 1 amide bonds. The first kappa shape index (κ1) is 17.0. The second kappa shape index (κ2) is 8.32. The predicted octanol–water partition coefficient (Wildman–Crippen LogP) is 3.21. The molecule has 1 aromatic heterocycles. The number of carbonyl (C=O) groups is 1. The summed E-state index contributed by atoms with van der Waals surface area (Å²) in [5, 5.41) is 2.98. The molecule has 23 heavy (non-hydrogen) atoms. The quantitative estimate of drug-likeness (QED) is 0.854. The van der Waals surface area contributed by atoms with Crippen molar-refractivity contribution in [2.45, 2.75) is 39.7 Å². The number of nitrogens with zero attached hydrogens (tertiary/aromatic N) is 1. The van der Waals surface area contributed by atoms with Crippen LogP contribution in [0.3, 0.4) is 0 Å². The molecule has 1 aromatic carbocycles. The number of aromatic nitrogens is 1. The van der Waals surface area contributed by atoms with Crippen molar-refractivity contribution in [1.29, 1.82) is 0 Å². The minimum atomic E-state index is -0.0288. The van der Waals surface area contributed by atoms with Crippen molar-refractivity contribution in [3.63, 3.8) is 0 Å². The molecule has 0 fully saturated rings. The Morgan fingerprint density at radius 1 is 1.17 bits per heavy atom. The molecule has 0 saturated heterocycles. The first-order chi connectivity index (χ1) is 11.1. The molecule has 0 bridgehead atoms. The molecule has 0 aliphatic rings. The van der Waals surface area contributed by atoms with Crippen LogP contribution < -0.4 is 10.1 Å². The van der Waals surface area contributed by atoms with E-state index in [2.05, 4.69) is 10.3 Å². The molecule has 0 saturated carbocycles. The fourth-order valence-electron chi connectivity index (χ4n) is 2.43. The lowest BCUT2D eigenvalue weighted by atomic mass is 10.1. The highest BCUT2D eigenvalue weighted by molar-refractivity contribution is 5.76. The van der Waals surface area contributed by atoms with Crippen LogP contribution in [0.25, 0.3) is 0 Å². The molecule has 1 N–H and O–H groups in total. The predicted molar refractivity (Wildman–Crippen MR) is 91.6 cm³/mol. The maximum atomic E-state index is 12.0. The van der Waals surface area contributed by atoms with Crippen molar-refractivity contribution in [2.75, 3.05) is 6.61 Å². The van der Waals surface area contributed by atoms with Crippen molar-refractivity contribution < 1.29 is 9.53 Å². The average molecular weight is 312 g/mol. The summed E-state index contributed by atoms with van der Waals surface area (Å²) in [6, 6.07) is 9.91. The molecule has 0 radical (unpaired) electrons. The van der Waals surface area contributed by atoms with Crippen LogP contribution in [0.1, 0.15) is 30.0 Å². The fourth-order valence-corrected chi connectivity index (χ4v) is 2.43. The third kappa shape index (κ3) is 5.40.